The van der Waals surface area contributed by atoms with Crippen molar-refractivity contribution < 1.29 is 9.53 Å². The number of hydrogen-bond donors (Lipinski definition) is 1. The summed E-state index contributed by atoms with van der Waals surface area (Å²) in [7, 11) is 0. The zero-order valence-electron chi connectivity index (χ0n) is 13.5. The number of nitrogens with one attached hydrogen (secondary N) is 1. The maximum atomic E-state index is 12.0. The van der Waals surface area contributed by atoms with Crippen LogP contribution in [0.25, 0.3) is 0 Å². The van der Waals surface area contributed by atoms with E-state index < -0.39 is 5.54 Å². The number of aromatic nitrogens is 1. The second-order valence-electron chi connectivity index (χ2n) is 6.53. The second kappa shape index (κ2) is 6.34. The first kappa shape index (κ1) is 15.3. The Morgan fingerprint density at radius 2 is 2.00 bits per heavy atom. The number of carbonyl (C=O) groups is 1. The third kappa shape index (κ3) is 2.81. The summed E-state index contributed by atoms with van der Waals surface area (Å²) >= 11 is 0. The Balaban J connectivity index is 1.57. The molecule has 5 heteroatoms. The van der Waals surface area contributed by atoms with Gasteiger partial charge in [0.25, 0.3) is 0 Å². The van der Waals surface area contributed by atoms with Gasteiger partial charge < -0.3 is 10.1 Å². The number of ether oxygens (including phenoxy) is 1. The molecule has 2 atom stereocenters. The molecule has 1 aromatic heterocycles. The Kier molecular flexibility index (Phi) is 4.04. The lowest BCUT2D eigenvalue weighted by Gasteiger charge is -2.50. The molecule has 2 aromatic rings. The van der Waals surface area contributed by atoms with Crippen molar-refractivity contribution in [2.45, 2.75) is 24.6 Å². The van der Waals surface area contributed by atoms with Crippen LogP contribution in [0.5, 0.6) is 0 Å². The Bertz CT molecular complexity index is 707. The summed E-state index contributed by atoms with van der Waals surface area (Å²) in [5.74, 6) is -0.0299. The first-order chi connectivity index (χ1) is 11.8. The standard InChI is InChI=1S/C19H21N3O2/c23-18-14-24-17-13-22(12-15-6-9-20-10-7-15)11-8-19(17,21-18)16-4-2-1-3-5-16/h1-7,9-10,17H,8,11-14H2,(H,21,23)/t17-,19+/m1/s1. The number of likely N-dealkylation sites (tertiary alicyclic amines) is 1. The van der Waals surface area contributed by atoms with Crippen LogP contribution >= 0.6 is 0 Å². The van der Waals surface area contributed by atoms with Crippen molar-refractivity contribution in [3.8, 4) is 0 Å². The summed E-state index contributed by atoms with van der Waals surface area (Å²) in [6, 6.07) is 14.3. The average molecular weight is 323 g/mol. The second-order valence-corrected chi connectivity index (χ2v) is 6.53. The highest BCUT2D eigenvalue weighted by Gasteiger charge is 2.48. The van der Waals surface area contributed by atoms with E-state index in [1.807, 2.05) is 42.7 Å². The molecule has 0 saturated carbocycles. The Morgan fingerprint density at radius 1 is 1.21 bits per heavy atom. The van der Waals surface area contributed by atoms with Crippen molar-refractivity contribution in [3.63, 3.8) is 0 Å². The lowest BCUT2D eigenvalue weighted by molar-refractivity contribution is -0.152. The molecule has 2 saturated heterocycles. The van der Waals surface area contributed by atoms with Crippen LogP contribution < -0.4 is 5.32 Å². The number of piperidine rings is 1. The van der Waals surface area contributed by atoms with E-state index >= 15 is 0 Å². The smallest absolute Gasteiger partial charge is 0.246 e. The van der Waals surface area contributed by atoms with E-state index in [2.05, 4.69) is 27.3 Å². The highest BCUT2D eigenvalue weighted by molar-refractivity contribution is 5.79. The molecule has 0 unspecified atom stereocenters. The van der Waals surface area contributed by atoms with Gasteiger partial charge in [-0.3, -0.25) is 14.7 Å². The maximum Gasteiger partial charge on any atom is 0.246 e. The molecule has 4 rings (SSSR count). The predicted octanol–water partition coefficient (Wildman–Crippen LogP) is 1.70. The molecular weight excluding hydrogens is 302 g/mol. The molecule has 0 spiro atoms. The monoisotopic (exact) mass is 323 g/mol. The minimum Gasteiger partial charge on any atom is -0.364 e. The van der Waals surface area contributed by atoms with E-state index in [1.165, 1.54) is 5.56 Å². The summed E-state index contributed by atoms with van der Waals surface area (Å²) in [5.41, 5.74) is 1.97. The molecule has 24 heavy (non-hydrogen) atoms. The van der Waals surface area contributed by atoms with Gasteiger partial charge in [0.15, 0.2) is 0 Å². The molecule has 1 N–H and O–H groups in total. The maximum absolute atomic E-state index is 12.0. The van der Waals surface area contributed by atoms with Gasteiger partial charge in [-0.05, 0) is 29.7 Å². The zero-order chi connectivity index (χ0) is 16.4. The van der Waals surface area contributed by atoms with E-state index in [-0.39, 0.29) is 18.6 Å². The molecule has 5 nitrogen and oxygen atoms in total. The summed E-state index contributed by atoms with van der Waals surface area (Å²) in [6.07, 6.45) is 4.46. The van der Waals surface area contributed by atoms with Crippen molar-refractivity contribution in [1.82, 2.24) is 15.2 Å². The number of rotatable bonds is 3. The number of amides is 1. The third-order valence-electron chi connectivity index (χ3n) is 5.02. The summed E-state index contributed by atoms with van der Waals surface area (Å²) in [5, 5.41) is 3.23. The topological polar surface area (TPSA) is 54.5 Å². The number of carbonyl (C=O) groups excluding carboxylic acids is 1. The fourth-order valence-corrected chi connectivity index (χ4v) is 3.80. The molecule has 0 bridgehead atoms. The van der Waals surface area contributed by atoms with Gasteiger partial charge in [0.1, 0.15) is 6.61 Å². The lowest BCUT2D eigenvalue weighted by Crippen LogP contribution is -2.66. The van der Waals surface area contributed by atoms with Crippen LogP contribution in [-0.4, -0.2) is 41.6 Å². The average Bonchev–Trinajstić information content (AvgIpc) is 2.63. The van der Waals surface area contributed by atoms with Gasteiger partial charge in [-0.1, -0.05) is 30.3 Å². The van der Waals surface area contributed by atoms with Crippen molar-refractivity contribution in [2.75, 3.05) is 19.7 Å². The van der Waals surface area contributed by atoms with Crippen molar-refractivity contribution in [1.29, 1.82) is 0 Å². The minimum absolute atomic E-state index is 0.0299. The normalized spacial score (nSPS) is 27.3. The Labute approximate surface area is 141 Å². The molecule has 2 fully saturated rings. The van der Waals surface area contributed by atoms with Gasteiger partial charge in [0.2, 0.25) is 5.91 Å². The van der Waals surface area contributed by atoms with Crippen LogP contribution in [0.3, 0.4) is 0 Å². The number of pyridine rings is 1. The molecular formula is C19H21N3O2. The van der Waals surface area contributed by atoms with Gasteiger partial charge in [-0.2, -0.15) is 0 Å². The molecule has 3 heterocycles. The van der Waals surface area contributed by atoms with Crippen molar-refractivity contribution in [2.24, 2.45) is 0 Å². The van der Waals surface area contributed by atoms with Crippen LogP contribution in [0.2, 0.25) is 0 Å². The molecule has 124 valence electrons. The van der Waals surface area contributed by atoms with Crippen molar-refractivity contribution in [3.05, 3.63) is 66.0 Å². The molecule has 0 radical (unpaired) electrons. The van der Waals surface area contributed by atoms with Crippen LogP contribution in [0.1, 0.15) is 17.5 Å². The number of hydrogen-bond acceptors (Lipinski definition) is 4. The molecule has 1 amide bonds. The van der Waals surface area contributed by atoms with Crippen LogP contribution in [0, 0.1) is 0 Å². The van der Waals surface area contributed by atoms with E-state index in [1.54, 1.807) is 0 Å². The van der Waals surface area contributed by atoms with E-state index in [4.69, 9.17) is 4.74 Å². The van der Waals surface area contributed by atoms with Gasteiger partial charge in [-0.15, -0.1) is 0 Å². The minimum atomic E-state index is -0.411. The number of benzene rings is 1. The van der Waals surface area contributed by atoms with Gasteiger partial charge in [0, 0.05) is 32.0 Å². The van der Waals surface area contributed by atoms with Crippen molar-refractivity contribution >= 4 is 5.91 Å². The third-order valence-corrected chi connectivity index (χ3v) is 5.02. The zero-order valence-corrected chi connectivity index (χ0v) is 13.5. The van der Waals surface area contributed by atoms with E-state index in [9.17, 15) is 4.79 Å². The fraction of sp³-hybridized carbons (Fsp3) is 0.368. The van der Waals surface area contributed by atoms with Crippen LogP contribution in [0.15, 0.2) is 54.9 Å². The summed E-state index contributed by atoms with van der Waals surface area (Å²) < 4.78 is 5.95. The molecule has 0 aliphatic carbocycles. The van der Waals surface area contributed by atoms with Crippen LogP contribution in [-0.2, 0) is 21.6 Å². The van der Waals surface area contributed by atoms with Crippen LogP contribution in [0.4, 0.5) is 0 Å². The Hall–Kier alpha value is -2.24. The first-order valence-corrected chi connectivity index (χ1v) is 8.36. The highest BCUT2D eigenvalue weighted by atomic mass is 16.5. The van der Waals surface area contributed by atoms with E-state index in [0.29, 0.717) is 0 Å². The molecule has 2 aliphatic heterocycles. The van der Waals surface area contributed by atoms with Gasteiger partial charge >= 0.3 is 0 Å². The summed E-state index contributed by atoms with van der Waals surface area (Å²) in [6.45, 7) is 2.73. The predicted molar refractivity (Wildman–Crippen MR) is 90.1 cm³/mol. The summed E-state index contributed by atoms with van der Waals surface area (Å²) in [4.78, 5) is 18.5. The number of morpholine rings is 1. The fourth-order valence-electron chi connectivity index (χ4n) is 3.80. The highest BCUT2D eigenvalue weighted by Crippen LogP contribution is 2.37. The SMILES string of the molecule is O=C1CO[C@@H]2CN(Cc3ccncc3)CC[C@@]2(c2ccccc2)N1. The van der Waals surface area contributed by atoms with Gasteiger partial charge in [-0.25, -0.2) is 0 Å². The lowest BCUT2D eigenvalue weighted by atomic mass is 9.77. The van der Waals surface area contributed by atoms with Gasteiger partial charge in [0.05, 0.1) is 11.6 Å². The Morgan fingerprint density at radius 3 is 2.79 bits per heavy atom. The van der Waals surface area contributed by atoms with E-state index in [0.717, 1.165) is 31.6 Å². The largest absolute Gasteiger partial charge is 0.364 e. The first-order valence-electron chi connectivity index (χ1n) is 8.36. The molecule has 2 aliphatic rings. The number of nitrogens with zero attached hydrogens (tertiary/aromatic N) is 2. The molecule has 1 aromatic carbocycles. The quantitative estimate of drug-likeness (QED) is 0.934. The number of fused-ring (bicyclic) bond motifs is 1.